The fourth-order valence-electron chi connectivity index (χ4n) is 2.59. The fourth-order valence-corrected chi connectivity index (χ4v) is 2.59. The summed E-state index contributed by atoms with van der Waals surface area (Å²) in [5.74, 6) is 0.126. The molecule has 110 valence electrons. The molecule has 1 saturated heterocycles. The van der Waals surface area contributed by atoms with Crippen LogP contribution in [-0.2, 0) is 11.3 Å². The number of nitrogen functional groups attached to an aromatic ring is 1. The molecule has 0 amide bonds. The van der Waals surface area contributed by atoms with Gasteiger partial charge in [0.15, 0.2) is 0 Å². The topological polar surface area (TPSA) is 62.3 Å². The van der Waals surface area contributed by atoms with Gasteiger partial charge in [0, 0.05) is 30.8 Å². The summed E-state index contributed by atoms with van der Waals surface area (Å²) in [5, 5.41) is 7.30. The molecule has 0 aliphatic carbocycles. The van der Waals surface area contributed by atoms with E-state index in [1.54, 1.807) is 12.1 Å². The van der Waals surface area contributed by atoms with Gasteiger partial charge in [-0.25, -0.2) is 4.39 Å². The second kappa shape index (κ2) is 6.81. The van der Waals surface area contributed by atoms with E-state index in [4.69, 9.17) is 15.9 Å². The second-order valence-corrected chi connectivity index (χ2v) is 5.50. The number of amidine groups is 1. The van der Waals surface area contributed by atoms with Gasteiger partial charge < -0.3 is 15.4 Å². The van der Waals surface area contributed by atoms with Crippen LogP contribution in [0.5, 0.6) is 0 Å². The number of rotatable bonds is 5. The van der Waals surface area contributed by atoms with Crippen molar-refractivity contribution in [2.45, 2.75) is 19.4 Å². The predicted octanol–water partition coefficient (Wildman–Crippen LogP) is 1.97. The van der Waals surface area contributed by atoms with Crippen LogP contribution in [0.3, 0.4) is 0 Å². The SMILES string of the molecule is CN(Cc1ccc(C(=N)N)cc1F)CC1CCCOC1. The van der Waals surface area contributed by atoms with E-state index in [-0.39, 0.29) is 11.7 Å². The third-order valence-corrected chi connectivity index (χ3v) is 3.63. The van der Waals surface area contributed by atoms with Gasteiger partial charge in [-0.1, -0.05) is 12.1 Å². The van der Waals surface area contributed by atoms with E-state index in [1.807, 2.05) is 7.05 Å². The number of nitrogens with one attached hydrogen (secondary N) is 1. The van der Waals surface area contributed by atoms with Crippen LogP contribution in [-0.4, -0.2) is 37.5 Å². The maximum Gasteiger partial charge on any atom is 0.128 e. The summed E-state index contributed by atoms with van der Waals surface area (Å²) in [5.41, 5.74) is 6.41. The summed E-state index contributed by atoms with van der Waals surface area (Å²) in [6, 6.07) is 4.73. The number of benzene rings is 1. The van der Waals surface area contributed by atoms with E-state index in [9.17, 15) is 4.39 Å². The summed E-state index contributed by atoms with van der Waals surface area (Å²) in [6.07, 6.45) is 2.29. The predicted molar refractivity (Wildman–Crippen MR) is 77.3 cm³/mol. The molecule has 2 rings (SSSR count). The van der Waals surface area contributed by atoms with E-state index < -0.39 is 0 Å². The van der Waals surface area contributed by atoms with Crippen molar-refractivity contribution in [1.29, 1.82) is 5.41 Å². The molecule has 20 heavy (non-hydrogen) atoms. The number of hydrogen-bond acceptors (Lipinski definition) is 3. The molecule has 1 aliphatic rings. The minimum atomic E-state index is -0.301. The average Bonchev–Trinajstić information content (AvgIpc) is 2.42. The Balaban J connectivity index is 1.93. The highest BCUT2D eigenvalue weighted by atomic mass is 19.1. The van der Waals surface area contributed by atoms with Crippen molar-refractivity contribution in [3.63, 3.8) is 0 Å². The van der Waals surface area contributed by atoms with Gasteiger partial charge in [0.25, 0.3) is 0 Å². The van der Waals surface area contributed by atoms with Crippen molar-refractivity contribution < 1.29 is 9.13 Å². The van der Waals surface area contributed by atoms with Gasteiger partial charge in [-0.3, -0.25) is 5.41 Å². The van der Waals surface area contributed by atoms with Gasteiger partial charge in [0.1, 0.15) is 11.7 Å². The van der Waals surface area contributed by atoms with E-state index in [2.05, 4.69) is 4.90 Å². The number of halogens is 1. The van der Waals surface area contributed by atoms with Gasteiger partial charge >= 0.3 is 0 Å². The number of ether oxygens (including phenoxy) is 1. The normalized spacial score (nSPS) is 19.2. The molecule has 1 heterocycles. The largest absolute Gasteiger partial charge is 0.384 e. The number of nitrogens with zero attached hydrogens (tertiary/aromatic N) is 1. The molecule has 0 radical (unpaired) electrons. The standard InChI is InChI=1S/C15H22FN3O/c1-19(8-11-3-2-6-20-10-11)9-13-5-4-12(15(17)18)7-14(13)16/h4-5,7,11H,2-3,6,8-10H2,1H3,(H3,17,18). The van der Waals surface area contributed by atoms with Crippen molar-refractivity contribution in [1.82, 2.24) is 4.90 Å². The quantitative estimate of drug-likeness (QED) is 0.640. The molecule has 0 bridgehead atoms. The van der Waals surface area contributed by atoms with Gasteiger partial charge in [0.05, 0.1) is 6.61 Å². The third kappa shape index (κ3) is 4.02. The molecule has 0 saturated carbocycles. The molecule has 1 unspecified atom stereocenters. The highest BCUT2D eigenvalue weighted by Crippen LogP contribution is 2.17. The Labute approximate surface area is 119 Å². The maximum absolute atomic E-state index is 13.9. The van der Waals surface area contributed by atoms with Crippen LogP contribution in [0.2, 0.25) is 0 Å². The molecule has 1 aromatic rings. The number of hydrogen-bond donors (Lipinski definition) is 2. The Kier molecular flexibility index (Phi) is 5.09. The monoisotopic (exact) mass is 279 g/mol. The Bertz CT molecular complexity index is 472. The first-order valence-corrected chi connectivity index (χ1v) is 6.95. The van der Waals surface area contributed by atoms with Crippen molar-refractivity contribution >= 4 is 5.84 Å². The number of nitrogens with two attached hydrogens (primary N) is 1. The van der Waals surface area contributed by atoms with E-state index in [0.29, 0.717) is 23.6 Å². The molecule has 5 heteroatoms. The van der Waals surface area contributed by atoms with Crippen molar-refractivity contribution in [2.75, 3.05) is 26.8 Å². The van der Waals surface area contributed by atoms with Crippen LogP contribution in [0.4, 0.5) is 4.39 Å². The smallest absolute Gasteiger partial charge is 0.128 e. The minimum Gasteiger partial charge on any atom is -0.384 e. The highest BCUT2D eigenvalue weighted by molar-refractivity contribution is 5.94. The molecule has 4 nitrogen and oxygen atoms in total. The average molecular weight is 279 g/mol. The molecule has 1 atom stereocenters. The lowest BCUT2D eigenvalue weighted by molar-refractivity contribution is 0.0410. The molecule has 1 aromatic carbocycles. The lowest BCUT2D eigenvalue weighted by atomic mass is 10.0. The molecule has 1 fully saturated rings. The molecule has 1 aliphatic heterocycles. The Morgan fingerprint density at radius 3 is 2.95 bits per heavy atom. The van der Waals surface area contributed by atoms with Crippen molar-refractivity contribution in [3.05, 3.63) is 35.1 Å². The zero-order valence-electron chi connectivity index (χ0n) is 11.9. The Hall–Kier alpha value is -1.46. The van der Waals surface area contributed by atoms with Crippen LogP contribution in [0.15, 0.2) is 18.2 Å². The highest BCUT2D eigenvalue weighted by Gasteiger charge is 2.16. The van der Waals surface area contributed by atoms with Crippen molar-refractivity contribution in [2.24, 2.45) is 11.7 Å². The zero-order valence-corrected chi connectivity index (χ0v) is 11.9. The Morgan fingerprint density at radius 2 is 2.35 bits per heavy atom. The van der Waals surface area contributed by atoms with Gasteiger partial charge in [-0.15, -0.1) is 0 Å². The summed E-state index contributed by atoms with van der Waals surface area (Å²) in [6.45, 7) is 3.13. The molecule has 3 N–H and O–H groups in total. The first-order valence-electron chi connectivity index (χ1n) is 6.95. The maximum atomic E-state index is 13.9. The van der Waals surface area contributed by atoms with E-state index in [0.717, 1.165) is 26.2 Å². The van der Waals surface area contributed by atoms with Crippen LogP contribution in [0.25, 0.3) is 0 Å². The second-order valence-electron chi connectivity index (χ2n) is 5.50. The molecule has 0 aromatic heterocycles. The summed E-state index contributed by atoms with van der Waals surface area (Å²) < 4.78 is 19.4. The van der Waals surface area contributed by atoms with Gasteiger partial charge in [-0.05, 0) is 31.9 Å². The molecule has 0 spiro atoms. The van der Waals surface area contributed by atoms with Gasteiger partial charge in [0.2, 0.25) is 0 Å². The first kappa shape index (κ1) is 14.9. The van der Waals surface area contributed by atoms with Crippen LogP contribution < -0.4 is 5.73 Å². The van der Waals surface area contributed by atoms with Crippen LogP contribution in [0, 0.1) is 17.1 Å². The molecular formula is C15H22FN3O. The van der Waals surface area contributed by atoms with Crippen LogP contribution in [0.1, 0.15) is 24.0 Å². The fraction of sp³-hybridized carbons (Fsp3) is 0.533. The molecular weight excluding hydrogens is 257 g/mol. The Morgan fingerprint density at radius 1 is 1.55 bits per heavy atom. The van der Waals surface area contributed by atoms with Crippen molar-refractivity contribution in [3.8, 4) is 0 Å². The van der Waals surface area contributed by atoms with Gasteiger partial charge in [-0.2, -0.15) is 0 Å². The first-order chi connectivity index (χ1) is 9.56. The van der Waals surface area contributed by atoms with E-state index >= 15 is 0 Å². The lowest BCUT2D eigenvalue weighted by Gasteiger charge is -2.27. The zero-order chi connectivity index (χ0) is 14.5. The summed E-state index contributed by atoms with van der Waals surface area (Å²) in [7, 11) is 1.99. The summed E-state index contributed by atoms with van der Waals surface area (Å²) in [4.78, 5) is 2.12. The minimum absolute atomic E-state index is 0.108. The van der Waals surface area contributed by atoms with E-state index in [1.165, 1.54) is 12.5 Å². The lowest BCUT2D eigenvalue weighted by Crippen LogP contribution is -2.30. The third-order valence-electron chi connectivity index (χ3n) is 3.63. The van der Waals surface area contributed by atoms with Crippen LogP contribution >= 0.6 is 0 Å². The summed E-state index contributed by atoms with van der Waals surface area (Å²) >= 11 is 0.